The van der Waals surface area contributed by atoms with Crippen LogP contribution in [0.1, 0.15) is 56.9 Å². The molecule has 2 atom stereocenters. The molecule has 28 heavy (non-hydrogen) atoms. The van der Waals surface area contributed by atoms with E-state index in [-0.39, 0.29) is 17.5 Å². The van der Waals surface area contributed by atoms with Crippen molar-refractivity contribution in [3.63, 3.8) is 0 Å². The zero-order valence-electron chi connectivity index (χ0n) is 17.5. The highest BCUT2D eigenvalue weighted by atomic mass is 32.2. The first-order chi connectivity index (χ1) is 13.3. The van der Waals surface area contributed by atoms with Crippen molar-refractivity contribution in [1.82, 2.24) is 14.9 Å². The van der Waals surface area contributed by atoms with Crippen molar-refractivity contribution in [1.29, 1.82) is 0 Å². The van der Waals surface area contributed by atoms with Crippen LogP contribution in [-0.4, -0.2) is 27.3 Å². The Balaban J connectivity index is 1.81. The summed E-state index contributed by atoms with van der Waals surface area (Å²) in [6.07, 6.45) is 4.69. The lowest BCUT2D eigenvalue weighted by Crippen LogP contribution is -2.42. The van der Waals surface area contributed by atoms with E-state index >= 15 is 0 Å². The third-order valence-electron chi connectivity index (χ3n) is 5.59. The van der Waals surface area contributed by atoms with Crippen LogP contribution in [0.5, 0.6) is 0 Å². The van der Waals surface area contributed by atoms with Crippen molar-refractivity contribution in [3.05, 3.63) is 20.8 Å². The molecule has 0 aromatic carbocycles. The van der Waals surface area contributed by atoms with Crippen molar-refractivity contribution in [2.75, 3.05) is 5.75 Å². The van der Waals surface area contributed by atoms with E-state index in [1.165, 1.54) is 31.0 Å². The SMILES string of the molecule is Cc1sc2nc(SCC(=O)N[C@@H]3CCCC[C@H]3C)n(CC(C)C)c(=O)c2c1C. The number of hydrogen-bond acceptors (Lipinski definition) is 5. The molecule has 3 rings (SSSR count). The highest BCUT2D eigenvalue weighted by molar-refractivity contribution is 7.99. The summed E-state index contributed by atoms with van der Waals surface area (Å²) in [6.45, 7) is 11.0. The predicted octanol–water partition coefficient (Wildman–Crippen LogP) is 4.52. The van der Waals surface area contributed by atoms with Crippen LogP contribution >= 0.6 is 23.1 Å². The van der Waals surface area contributed by atoms with Gasteiger partial charge in [0, 0.05) is 17.5 Å². The molecule has 0 spiro atoms. The van der Waals surface area contributed by atoms with Gasteiger partial charge < -0.3 is 5.32 Å². The molecule has 154 valence electrons. The van der Waals surface area contributed by atoms with Crippen LogP contribution in [0.2, 0.25) is 0 Å². The van der Waals surface area contributed by atoms with E-state index in [0.717, 1.165) is 27.1 Å². The number of nitrogens with one attached hydrogen (secondary N) is 1. The highest BCUT2D eigenvalue weighted by Gasteiger charge is 2.23. The maximum absolute atomic E-state index is 13.1. The summed E-state index contributed by atoms with van der Waals surface area (Å²) < 4.78 is 1.76. The molecule has 1 saturated carbocycles. The molecule has 1 amide bonds. The topological polar surface area (TPSA) is 64.0 Å². The molecule has 0 aliphatic heterocycles. The molecular weight excluding hydrogens is 390 g/mol. The molecule has 1 N–H and O–H groups in total. The fourth-order valence-corrected chi connectivity index (χ4v) is 5.74. The number of rotatable bonds is 6. The summed E-state index contributed by atoms with van der Waals surface area (Å²) in [4.78, 5) is 32.3. The van der Waals surface area contributed by atoms with Gasteiger partial charge in [0.2, 0.25) is 5.91 Å². The van der Waals surface area contributed by atoms with Gasteiger partial charge in [-0.05, 0) is 44.1 Å². The number of amides is 1. The van der Waals surface area contributed by atoms with E-state index in [1.807, 2.05) is 13.8 Å². The molecule has 0 unspecified atom stereocenters. The molecule has 7 heteroatoms. The van der Waals surface area contributed by atoms with Crippen molar-refractivity contribution < 1.29 is 4.79 Å². The first-order valence-electron chi connectivity index (χ1n) is 10.2. The molecule has 1 aliphatic carbocycles. The number of thioether (sulfide) groups is 1. The second kappa shape index (κ2) is 8.99. The van der Waals surface area contributed by atoms with Crippen LogP contribution in [0.25, 0.3) is 10.2 Å². The minimum absolute atomic E-state index is 0.0179. The van der Waals surface area contributed by atoms with E-state index in [0.29, 0.717) is 29.3 Å². The molecule has 1 aliphatic rings. The van der Waals surface area contributed by atoms with Gasteiger partial charge in [-0.15, -0.1) is 11.3 Å². The maximum Gasteiger partial charge on any atom is 0.263 e. The average Bonchev–Trinajstić information content (AvgIpc) is 2.92. The van der Waals surface area contributed by atoms with Gasteiger partial charge in [0.15, 0.2) is 5.16 Å². The Morgan fingerprint density at radius 2 is 2.04 bits per heavy atom. The summed E-state index contributed by atoms with van der Waals surface area (Å²) >= 11 is 2.94. The maximum atomic E-state index is 13.1. The van der Waals surface area contributed by atoms with E-state index in [2.05, 4.69) is 26.1 Å². The van der Waals surface area contributed by atoms with Gasteiger partial charge in [0.1, 0.15) is 4.83 Å². The molecular formula is C21H31N3O2S2. The molecule has 2 heterocycles. The van der Waals surface area contributed by atoms with Crippen LogP contribution in [0, 0.1) is 25.7 Å². The third kappa shape index (κ3) is 4.62. The first kappa shape index (κ1) is 21.4. The van der Waals surface area contributed by atoms with Crippen LogP contribution in [0.4, 0.5) is 0 Å². The van der Waals surface area contributed by atoms with Gasteiger partial charge in [-0.3, -0.25) is 14.2 Å². The first-order valence-corrected chi connectivity index (χ1v) is 12.0. The molecule has 0 radical (unpaired) electrons. The fourth-order valence-electron chi connectivity index (χ4n) is 3.85. The van der Waals surface area contributed by atoms with Crippen molar-refractivity contribution in [3.8, 4) is 0 Å². The zero-order valence-corrected chi connectivity index (χ0v) is 19.1. The smallest absolute Gasteiger partial charge is 0.263 e. The predicted molar refractivity (Wildman–Crippen MR) is 118 cm³/mol. The van der Waals surface area contributed by atoms with Crippen LogP contribution in [0.3, 0.4) is 0 Å². The number of aryl methyl sites for hydroxylation is 2. The Morgan fingerprint density at radius 1 is 1.32 bits per heavy atom. The summed E-state index contributed by atoms with van der Waals surface area (Å²) in [5.41, 5.74) is 1.04. The molecule has 0 saturated heterocycles. The minimum Gasteiger partial charge on any atom is -0.352 e. The lowest BCUT2D eigenvalue weighted by Gasteiger charge is -2.29. The standard InChI is InChI=1S/C21H31N3O2S2/c1-12(2)10-24-20(26)18-14(4)15(5)28-19(18)23-21(24)27-11-17(25)22-16-9-7-6-8-13(16)3/h12-13,16H,6-11H2,1-5H3,(H,22,25)/t13-,16-/m1/s1. The van der Waals surface area contributed by atoms with Crippen molar-refractivity contribution in [2.45, 2.75) is 78.0 Å². The largest absolute Gasteiger partial charge is 0.352 e. The Hall–Kier alpha value is -1.34. The average molecular weight is 422 g/mol. The van der Waals surface area contributed by atoms with Gasteiger partial charge >= 0.3 is 0 Å². The lowest BCUT2D eigenvalue weighted by molar-refractivity contribution is -0.119. The van der Waals surface area contributed by atoms with Crippen molar-refractivity contribution in [2.24, 2.45) is 11.8 Å². The van der Waals surface area contributed by atoms with Crippen LogP contribution in [-0.2, 0) is 11.3 Å². The van der Waals surface area contributed by atoms with E-state index in [1.54, 1.807) is 15.9 Å². The summed E-state index contributed by atoms with van der Waals surface area (Å²) in [5, 5.41) is 4.57. The van der Waals surface area contributed by atoms with E-state index in [9.17, 15) is 9.59 Å². The van der Waals surface area contributed by atoms with Gasteiger partial charge in [-0.25, -0.2) is 4.98 Å². The second-order valence-electron chi connectivity index (χ2n) is 8.39. The van der Waals surface area contributed by atoms with Gasteiger partial charge in [0.05, 0.1) is 11.1 Å². The Morgan fingerprint density at radius 3 is 2.71 bits per heavy atom. The normalized spacial score (nSPS) is 20.1. The third-order valence-corrected chi connectivity index (χ3v) is 7.67. The molecule has 2 aromatic rings. The van der Waals surface area contributed by atoms with E-state index in [4.69, 9.17) is 4.98 Å². The Kier molecular flexibility index (Phi) is 6.86. The Bertz CT molecular complexity index is 916. The number of carbonyl (C=O) groups excluding carboxylic acids is 1. The zero-order chi connectivity index (χ0) is 20.4. The summed E-state index contributed by atoms with van der Waals surface area (Å²) in [5.74, 6) is 1.19. The Labute approximate surface area is 175 Å². The minimum atomic E-state index is 0.0179. The molecule has 0 bridgehead atoms. The summed E-state index contributed by atoms with van der Waals surface area (Å²) in [6, 6.07) is 0.276. The molecule has 1 fully saturated rings. The fraction of sp³-hybridized carbons (Fsp3) is 0.667. The number of hydrogen-bond donors (Lipinski definition) is 1. The monoisotopic (exact) mass is 421 g/mol. The molecule has 5 nitrogen and oxygen atoms in total. The van der Waals surface area contributed by atoms with Crippen LogP contribution in [0.15, 0.2) is 9.95 Å². The number of thiophene rings is 1. The van der Waals surface area contributed by atoms with Gasteiger partial charge in [-0.1, -0.05) is 45.4 Å². The van der Waals surface area contributed by atoms with Gasteiger partial charge in [0.25, 0.3) is 5.56 Å². The number of carbonyl (C=O) groups is 1. The number of fused-ring (bicyclic) bond motifs is 1. The van der Waals surface area contributed by atoms with E-state index < -0.39 is 0 Å². The number of nitrogens with zero attached hydrogens (tertiary/aromatic N) is 2. The summed E-state index contributed by atoms with van der Waals surface area (Å²) in [7, 11) is 0. The second-order valence-corrected chi connectivity index (χ2v) is 10.5. The highest BCUT2D eigenvalue weighted by Crippen LogP contribution is 2.29. The number of aromatic nitrogens is 2. The van der Waals surface area contributed by atoms with Crippen LogP contribution < -0.4 is 10.9 Å². The molecule has 2 aromatic heterocycles. The van der Waals surface area contributed by atoms with Crippen molar-refractivity contribution >= 4 is 39.2 Å². The quantitative estimate of drug-likeness (QED) is 0.550. The van der Waals surface area contributed by atoms with Gasteiger partial charge in [-0.2, -0.15) is 0 Å². The lowest BCUT2D eigenvalue weighted by atomic mass is 9.86.